The normalized spacial score (nSPS) is 10.9. The lowest BCUT2D eigenvalue weighted by molar-refractivity contribution is -0.121. The van der Waals surface area contributed by atoms with Crippen molar-refractivity contribution in [3.05, 3.63) is 23.1 Å². The Morgan fingerprint density at radius 2 is 2.30 bits per heavy atom. The van der Waals surface area contributed by atoms with Crippen LogP contribution in [-0.4, -0.2) is 32.9 Å². The summed E-state index contributed by atoms with van der Waals surface area (Å²) in [7, 11) is 0. The molecule has 20 heavy (non-hydrogen) atoms. The van der Waals surface area contributed by atoms with Crippen LogP contribution in [0.15, 0.2) is 12.3 Å². The van der Waals surface area contributed by atoms with Crippen LogP contribution in [0.3, 0.4) is 0 Å². The number of aromatic nitrogens is 3. The maximum atomic E-state index is 11.9. The van der Waals surface area contributed by atoms with E-state index in [1.54, 1.807) is 16.8 Å². The molecule has 108 valence electrons. The van der Waals surface area contributed by atoms with E-state index in [-0.39, 0.29) is 12.5 Å². The number of fused-ring (bicyclic) bond motifs is 1. The number of alkyl halides is 1. The summed E-state index contributed by atoms with van der Waals surface area (Å²) in [5.74, 6) is 1.13. The predicted molar refractivity (Wildman–Crippen MR) is 80.3 cm³/mol. The quantitative estimate of drug-likeness (QED) is 0.833. The topological polar surface area (TPSA) is 59.8 Å². The van der Waals surface area contributed by atoms with Crippen LogP contribution < -0.4 is 5.32 Å². The van der Waals surface area contributed by atoms with E-state index in [0.29, 0.717) is 35.0 Å². The van der Waals surface area contributed by atoms with Crippen molar-refractivity contribution < 1.29 is 4.79 Å². The smallest absolute Gasteiger partial charge is 0.240 e. The van der Waals surface area contributed by atoms with E-state index in [9.17, 15) is 4.79 Å². The van der Waals surface area contributed by atoms with Gasteiger partial charge < -0.3 is 9.88 Å². The number of carbonyl (C=O) groups excluding carboxylic acids is 1. The zero-order valence-electron chi connectivity index (χ0n) is 11.2. The second-order valence-corrected chi connectivity index (χ2v) is 5.21. The average molecular weight is 315 g/mol. The van der Waals surface area contributed by atoms with Gasteiger partial charge in [0.05, 0.1) is 5.02 Å². The Labute approximate surface area is 127 Å². The number of hydrogen-bond donors (Lipinski definition) is 1. The first-order valence-corrected chi connectivity index (χ1v) is 7.40. The summed E-state index contributed by atoms with van der Waals surface area (Å²) in [5, 5.41) is 3.36. The molecule has 0 fully saturated rings. The van der Waals surface area contributed by atoms with Crippen LogP contribution in [0.2, 0.25) is 5.02 Å². The second kappa shape index (κ2) is 6.90. The van der Waals surface area contributed by atoms with Gasteiger partial charge in [-0.15, -0.1) is 11.6 Å². The standard InChI is InChI=1S/C13H16Cl2N4O/c1-2-5-16-12(20)8-19-11(3-4-14)18-10-6-9(15)7-17-13(10)19/h6-7H,2-5,8H2,1H3,(H,16,20). The van der Waals surface area contributed by atoms with E-state index < -0.39 is 0 Å². The molecule has 0 spiro atoms. The SMILES string of the molecule is CCCNC(=O)Cn1c(CCCl)nc2cc(Cl)cnc21. The highest BCUT2D eigenvalue weighted by atomic mass is 35.5. The molecule has 2 rings (SSSR count). The van der Waals surface area contributed by atoms with Crippen LogP contribution in [0.4, 0.5) is 0 Å². The van der Waals surface area contributed by atoms with Gasteiger partial charge in [-0.2, -0.15) is 0 Å². The summed E-state index contributed by atoms with van der Waals surface area (Å²) in [6.07, 6.45) is 3.03. The first kappa shape index (κ1) is 15.1. The van der Waals surface area contributed by atoms with Gasteiger partial charge in [0.15, 0.2) is 5.65 Å². The van der Waals surface area contributed by atoms with Gasteiger partial charge in [-0.05, 0) is 12.5 Å². The van der Waals surface area contributed by atoms with Crippen molar-refractivity contribution in [2.75, 3.05) is 12.4 Å². The molecular formula is C13H16Cl2N4O. The second-order valence-electron chi connectivity index (χ2n) is 4.40. The van der Waals surface area contributed by atoms with Crippen molar-refractivity contribution in [1.82, 2.24) is 19.9 Å². The molecule has 5 nitrogen and oxygen atoms in total. The molecular weight excluding hydrogens is 299 g/mol. The molecule has 2 aromatic rings. The lowest BCUT2D eigenvalue weighted by Crippen LogP contribution is -2.28. The molecule has 1 N–H and O–H groups in total. The number of imidazole rings is 1. The molecule has 0 unspecified atom stereocenters. The molecule has 0 atom stereocenters. The van der Waals surface area contributed by atoms with Crippen molar-refractivity contribution in [3.63, 3.8) is 0 Å². The molecule has 0 aromatic carbocycles. The van der Waals surface area contributed by atoms with E-state index >= 15 is 0 Å². The fraction of sp³-hybridized carbons (Fsp3) is 0.462. The highest BCUT2D eigenvalue weighted by Crippen LogP contribution is 2.18. The fourth-order valence-electron chi connectivity index (χ4n) is 1.94. The minimum atomic E-state index is -0.0567. The average Bonchev–Trinajstić information content (AvgIpc) is 2.74. The fourth-order valence-corrected chi connectivity index (χ4v) is 2.26. The zero-order chi connectivity index (χ0) is 14.5. The van der Waals surface area contributed by atoms with Crippen molar-refractivity contribution in [2.24, 2.45) is 0 Å². The number of pyridine rings is 1. The Morgan fingerprint density at radius 3 is 3.00 bits per heavy atom. The van der Waals surface area contributed by atoms with Gasteiger partial charge in [-0.1, -0.05) is 18.5 Å². The van der Waals surface area contributed by atoms with Crippen LogP contribution in [0.25, 0.3) is 11.2 Å². The van der Waals surface area contributed by atoms with E-state index in [0.717, 1.165) is 12.2 Å². The van der Waals surface area contributed by atoms with E-state index in [1.165, 1.54) is 0 Å². The summed E-state index contributed by atoms with van der Waals surface area (Å²) < 4.78 is 1.79. The Kier molecular flexibility index (Phi) is 5.20. The Bertz CT molecular complexity index is 612. The van der Waals surface area contributed by atoms with Gasteiger partial charge in [-0.3, -0.25) is 4.79 Å². The van der Waals surface area contributed by atoms with Gasteiger partial charge in [0.1, 0.15) is 17.9 Å². The molecule has 0 saturated carbocycles. The highest BCUT2D eigenvalue weighted by Gasteiger charge is 2.14. The first-order chi connectivity index (χ1) is 9.65. The molecule has 0 bridgehead atoms. The number of carbonyl (C=O) groups is 1. The summed E-state index contributed by atoms with van der Waals surface area (Å²) in [6.45, 7) is 2.86. The van der Waals surface area contributed by atoms with E-state index in [4.69, 9.17) is 23.2 Å². The largest absolute Gasteiger partial charge is 0.355 e. The van der Waals surface area contributed by atoms with Crippen LogP contribution in [0.1, 0.15) is 19.2 Å². The van der Waals surface area contributed by atoms with Gasteiger partial charge in [-0.25, -0.2) is 9.97 Å². The third-order valence-electron chi connectivity index (χ3n) is 2.82. The lowest BCUT2D eigenvalue weighted by atomic mass is 10.4. The van der Waals surface area contributed by atoms with Crippen LogP contribution in [0.5, 0.6) is 0 Å². The predicted octanol–water partition coefficient (Wildman–Crippen LogP) is 2.39. The summed E-state index contributed by atoms with van der Waals surface area (Å²) in [6, 6.07) is 1.74. The van der Waals surface area contributed by atoms with Crippen molar-refractivity contribution in [1.29, 1.82) is 0 Å². The molecule has 0 saturated heterocycles. The Balaban J connectivity index is 2.33. The van der Waals surface area contributed by atoms with Crippen molar-refractivity contribution in [2.45, 2.75) is 26.3 Å². The maximum absolute atomic E-state index is 11.9. The molecule has 7 heteroatoms. The highest BCUT2D eigenvalue weighted by molar-refractivity contribution is 6.31. The molecule has 0 aliphatic rings. The molecule has 0 aliphatic heterocycles. The van der Waals surface area contributed by atoms with Crippen LogP contribution in [0, 0.1) is 0 Å². The number of hydrogen-bond acceptors (Lipinski definition) is 3. The molecule has 0 aliphatic carbocycles. The van der Waals surface area contributed by atoms with Gasteiger partial charge in [0.2, 0.25) is 5.91 Å². The number of nitrogens with one attached hydrogen (secondary N) is 1. The number of halogens is 2. The zero-order valence-corrected chi connectivity index (χ0v) is 12.7. The monoisotopic (exact) mass is 314 g/mol. The number of nitrogens with zero attached hydrogens (tertiary/aromatic N) is 3. The minimum absolute atomic E-state index is 0.0567. The molecule has 2 heterocycles. The summed E-state index contributed by atoms with van der Waals surface area (Å²) in [4.78, 5) is 20.6. The summed E-state index contributed by atoms with van der Waals surface area (Å²) >= 11 is 11.7. The van der Waals surface area contributed by atoms with Gasteiger partial charge >= 0.3 is 0 Å². The Hall–Kier alpha value is -1.33. The number of amides is 1. The van der Waals surface area contributed by atoms with E-state index in [1.807, 2.05) is 6.92 Å². The van der Waals surface area contributed by atoms with Crippen molar-refractivity contribution >= 4 is 40.3 Å². The number of rotatable bonds is 6. The third-order valence-corrected chi connectivity index (χ3v) is 3.22. The molecule has 1 amide bonds. The minimum Gasteiger partial charge on any atom is -0.355 e. The lowest BCUT2D eigenvalue weighted by Gasteiger charge is -2.08. The summed E-state index contributed by atoms with van der Waals surface area (Å²) in [5.41, 5.74) is 1.34. The van der Waals surface area contributed by atoms with E-state index in [2.05, 4.69) is 15.3 Å². The van der Waals surface area contributed by atoms with Crippen LogP contribution in [-0.2, 0) is 17.8 Å². The van der Waals surface area contributed by atoms with Gasteiger partial charge in [0.25, 0.3) is 0 Å². The Morgan fingerprint density at radius 1 is 1.50 bits per heavy atom. The molecule has 2 aromatic heterocycles. The first-order valence-electron chi connectivity index (χ1n) is 6.49. The van der Waals surface area contributed by atoms with Crippen LogP contribution >= 0.6 is 23.2 Å². The number of aryl methyl sites for hydroxylation is 1. The molecule has 0 radical (unpaired) electrons. The maximum Gasteiger partial charge on any atom is 0.240 e. The van der Waals surface area contributed by atoms with Crippen molar-refractivity contribution in [3.8, 4) is 0 Å². The third kappa shape index (κ3) is 3.41. The van der Waals surface area contributed by atoms with Gasteiger partial charge in [0, 0.05) is 25.0 Å².